The minimum atomic E-state index is -0.589. The molecule has 1 aliphatic rings. The molecule has 0 radical (unpaired) electrons. The van der Waals surface area contributed by atoms with Crippen molar-refractivity contribution in [2.75, 3.05) is 25.1 Å². The Kier molecular flexibility index (Phi) is 4.54. The van der Waals surface area contributed by atoms with Gasteiger partial charge in [0.25, 0.3) is 0 Å². The van der Waals surface area contributed by atoms with Crippen LogP contribution in [0.4, 0.5) is 5.82 Å². The number of benzene rings is 1. The lowest BCUT2D eigenvalue weighted by atomic mass is 9.98. The van der Waals surface area contributed by atoms with E-state index < -0.39 is 5.60 Å². The van der Waals surface area contributed by atoms with E-state index in [-0.39, 0.29) is 0 Å². The van der Waals surface area contributed by atoms with Gasteiger partial charge in [0, 0.05) is 24.0 Å². The normalized spacial score (nSPS) is 21.0. The molecule has 0 saturated carbocycles. The van der Waals surface area contributed by atoms with Crippen LogP contribution in [-0.2, 0) is 0 Å². The van der Waals surface area contributed by atoms with E-state index >= 15 is 0 Å². The molecule has 5 nitrogen and oxygen atoms in total. The highest BCUT2D eigenvalue weighted by Crippen LogP contribution is 2.39. The maximum atomic E-state index is 10.4. The van der Waals surface area contributed by atoms with E-state index in [0.29, 0.717) is 0 Å². The first-order valence-electron chi connectivity index (χ1n) is 8.91. The van der Waals surface area contributed by atoms with Crippen molar-refractivity contribution in [2.24, 2.45) is 0 Å². The van der Waals surface area contributed by atoms with E-state index in [9.17, 15) is 5.11 Å². The molecule has 1 fully saturated rings. The van der Waals surface area contributed by atoms with Gasteiger partial charge in [-0.3, -0.25) is 0 Å². The zero-order valence-electron chi connectivity index (χ0n) is 15.1. The third-order valence-corrected chi connectivity index (χ3v) is 6.00. The monoisotopic (exact) mass is 369 g/mol. The summed E-state index contributed by atoms with van der Waals surface area (Å²) in [7, 11) is 1.68. The molecule has 1 atom stereocenters. The maximum absolute atomic E-state index is 10.4. The van der Waals surface area contributed by atoms with Crippen LogP contribution < -0.4 is 9.64 Å². The van der Waals surface area contributed by atoms with Crippen molar-refractivity contribution in [3.63, 3.8) is 0 Å². The van der Waals surface area contributed by atoms with E-state index in [1.54, 1.807) is 24.8 Å². The fourth-order valence-corrected chi connectivity index (χ4v) is 4.47. The number of hydrogen-bond donors (Lipinski definition) is 1. The molecule has 1 aliphatic heterocycles. The molecule has 136 valence electrons. The topological polar surface area (TPSA) is 58.5 Å². The predicted molar refractivity (Wildman–Crippen MR) is 106 cm³/mol. The Morgan fingerprint density at radius 2 is 1.96 bits per heavy atom. The number of nitrogens with zero attached hydrogens (tertiary/aromatic N) is 3. The molecule has 1 aromatic carbocycles. The molecule has 0 bridgehead atoms. The first-order valence-corrected chi connectivity index (χ1v) is 9.79. The van der Waals surface area contributed by atoms with Crippen molar-refractivity contribution in [1.82, 2.24) is 9.97 Å². The number of aromatic nitrogens is 2. The van der Waals surface area contributed by atoms with Gasteiger partial charge in [0.1, 0.15) is 22.7 Å². The number of fused-ring (bicyclic) bond motifs is 1. The predicted octanol–water partition coefficient (Wildman–Crippen LogP) is 4.11. The molecule has 4 rings (SSSR count). The van der Waals surface area contributed by atoms with Crippen molar-refractivity contribution in [2.45, 2.75) is 31.8 Å². The summed E-state index contributed by atoms with van der Waals surface area (Å²) in [6.07, 6.45) is 4.18. The summed E-state index contributed by atoms with van der Waals surface area (Å²) in [5, 5.41) is 13.7. The molecule has 6 heteroatoms. The largest absolute Gasteiger partial charge is 0.497 e. The zero-order valence-corrected chi connectivity index (χ0v) is 15.9. The van der Waals surface area contributed by atoms with Gasteiger partial charge < -0.3 is 14.7 Å². The molecular formula is C20H23N3O2S. The number of ether oxygens (including phenoxy) is 1. The highest BCUT2D eigenvalue weighted by atomic mass is 32.1. The lowest BCUT2D eigenvalue weighted by molar-refractivity contribution is 0.0481. The van der Waals surface area contributed by atoms with E-state index in [1.165, 1.54) is 0 Å². The van der Waals surface area contributed by atoms with Crippen LogP contribution in [0.1, 0.15) is 26.2 Å². The minimum Gasteiger partial charge on any atom is -0.497 e. The third kappa shape index (κ3) is 3.27. The molecule has 0 amide bonds. The molecular weight excluding hydrogens is 346 g/mol. The second-order valence-corrected chi connectivity index (χ2v) is 7.95. The van der Waals surface area contributed by atoms with Gasteiger partial charge in [-0.1, -0.05) is 12.1 Å². The van der Waals surface area contributed by atoms with Gasteiger partial charge in [0.2, 0.25) is 0 Å². The Morgan fingerprint density at radius 3 is 2.73 bits per heavy atom. The second kappa shape index (κ2) is 6.85. The van der Waals surface area contributed by atoms with Crippen molar-refractivity contribution in [1.29, 1.82) is 0 Å². The third-order valence-electron chi connectivity index (χ3n) is 5.11. The first kappa shape index (κ1) is 17.2. The molecule has 2 aromatic heterocycles. The summed E-state index contributed by atoms with van der Waals surface area (Å²) in [4.78, 5) is 12.4. The minimum absolute atomic E-state index is 0.589. The number of methoxy groups -OCH3 is 1. The second-order valence-electron chi connectivity index (χ2n) is 7.09. The zero-order chi connectivity index (χ0) is 18.1. The van der Waals surface area contributed by atoms with Crippen LogP contribution in [0.5, 0.6) is 5.75 Å². The number of thiophene rings is 1. The van der Waals surface area contributed by atoms with Crippen molar-refractivity contribution >= 4 is 27.4 Å². The Labute approximate surface area is 157 Å². The number of anilines is 1. The highest BCUT2D eigenvalue weighted by molar-refractivity contribution is 7.17. The Bertz CT molecular complexity index is 905. The molecule has 0 spiro atoms. The molecule has 0 aliphatic carbocycles. The van der Waals surface area contributed by atoms with Gasteiger partial charge in [-0.15, -0.1) is 11.3 Å². The van der Waals surface area contributed by atoms with Crippen LogP contribution in [0.2, 0.25) is 0 Å². The SMILES string of the molecule is COc1ccc(-c2csc3ncnc(N4CCCC(C)(O)CC4)c23)cc1. The molecule has 3 heterocycles. The average Bonchev–Trinajstić information content (AvgIpc) is 3.00. The highest BCUT2D eigenvalue weighted by Gasteiger charge is 2.27. The van der Waals surface area contributed by atoms with Crippen LogP contribution >= 0.6 is 11.3 Å². The van der Waals surface area contributed by atoms with Crippen molar-refractivity contribution in [3.05, 3.63) is 36.0 Å². The fourth-order valence-electron chi connectivity index (χ4n) is 3.56. The van der Waals surface area contributed by atoms with Crippen LogP contribution in [0.15, 0.2) is 36.0 Å². The van der Waals surface area contributed by atoms with Crippen LogP contribution in [0.3, 0.4) is 0 Å². The molecule has 1 saturated heterocycles. The van der Waals surface area contributed by atoms with Gasteiger partial charge in [-0.2, -0.15) is 0 Å². The smallest absolute Gasteiger partial charge is 0.141 e. The summed E-state index contributed by atoms with van der Waals surface area (Å²) in [5.41, 5.74) is 1.70. The van der Waals surface area contributed by atoms with Crippen molar-refractivity contribution < 1.29 is 9.84 Å². The number of aliphatic hydroxyl groups is 1. The van der Waals surface area contributed by atoms with Crippen molar-refractivity contribution in [3.8, 4) is 16.9 Å². The summed E-state index contributed by atoms with van der Waals surface area (Å²) >= 11 is 1.64. The molecule has 1 N–H and O–H groups in total. The van der Waals surface area contributed by atoms with Crippen LogP contribution in [0, 0.1) is 0 Å². The molecule has 3 aromatic rings. The van der Waals surface area contributed by atoms with Gasteiger partial charge in [0.05, 0.1) is 18.1 Å². The number of hydrogen-bond acceptors (Lipinski definition) is 6. The van der Waals surface area contributed by atoms with Gasteiger partial charge >= 0.3 is 0 Å². The first-order chi connectivity index (χ1) is 12.6. The summed E-state index contributed by atoms with van der Waals surface area (Å²) in [6.45, 7) is 3.64. The summed E-state index contributed by atoms with van der Waals surface area (Å²) < 4.78 is 5.27. The van der Waals surface area contributed by atoms with Gasteiger partial charge in [0.15, 0.2) is 0 Å². The van der Waals surface area contributed by atoms with E-state index in [1.807, 2.05) is 19.1 Å². The fraction of sp³-hybridized carbons (Fsp3) is 0.400. The molecule has 1 unspecified atom stereocenters. The Balaban J connectivity index is 1.77. The van der Waals surface area contributed by atoms with E-state index in [4.69, 9.17) is 4.74 Å². The lowest BCUT2D eigenvalue weighted by Gasteiger charge is -2.24. The van der Waals surface area contributed by atoms with Gasteiger partial charge in [-0.25, -0.2) is 9.97 Å². The summed E-state index contributed by atoms with van der Waals surface area (Å²) in [6, 6.07) is 8.10. The van der Waals surface area contributed by atoms with Crippen LogP contribution in [-0.4, -0.2) is 40.9 Å². The standard InChI is InChI=1S/C20H23N3O2S/c1-20(24)8-3-10-23(11-9-20)18-17-16(12-26-19(17)22-13-21-18)14-4-6-15(25-2)7-5-14/h4-7,12-13,24H,3,8-11H2,1-2H3. The average molecular weight is 369 g/mol. The lowest BCUT2D eigenvalue weighted by Crippen LogP contribution is -2.29. The Hall–Kier alpha value is -2.18. The van der Waals surface area contributed by atoms with E-state index in [0.717, 1.165) is 65.3 Å². The maximum Gasteiger partial charge on any atom is 0.141 e. The quantitative estimate of drug-likeness (QED) is 0.753. The van der Waals surface area contributed by atoms with Crippen LogP contribution in [0.25, 0.3) is 21.3 Å². The Morgan fingerprint density at radius 1 is 1.15 bits per heavy atom. The summed E-state index contributed by atoms with van der Waals surface area (Å²) in [5.74, 6) is 1.82. The molecule has 26 heavy (non-hydrogen) atoms. The van der Waals surface area contributed by atoms with Gasteiger partial charge in [-0.05, 0) is 43.9 Å². The number of rotatable bonds is 3. The van der Waals surface area contributed by atoms with E-state index in [2.05, 4.69) is 32.4 Å².